The zero-order valence-electron chi connectivity index (χ0n) is 2.05. The predicted molar refractivity (Wildman–Crippen MR) is 24.6 cm³/mol. The zero-order chi connectivity index (χ0) is 3.41. The molecule has 0 bridgehead atoms. The third-order valence-corrected chi connectivity index (χ3v) is 0.0667. The first kappa shape index (κ1) is 8.83. The van der Waals surface area contributed by atoms with Crippen LogP contribution in [0.1, 0.15) is 0 Å². The Labute approximate surface area is 34.2 Å². The van der Waals surface area contributed by atoms with E-state index in [1.165, 1.54) is 0 Å². The molecule has 5 heteroatoms. The first-order chi connectivity index (χ1) is 1.91. The minimum atomic E-state index is 0. The van der Waals surface area contributed by atoms with Gasteiger partial charge in [0, 0.05) is 0 Å². The minimum absolute atomic E-state index is 0. The van der Waals surface area contributed by atoms with Crippen molar-refractivity contribution in [2.75, 3.05) is 0 Å². The number of hydrogen-bond acceptors (Lipinski definition) is 2. The van der Waals surface area contributed by atoms with Gasteiger partial charge in [0.2, 0.25) is 0 Å². The van der Waals surface area contributed by atoms with Gasteiger partial charge in [0.1, 0.15) is 0 Å². The SMILES string of the molecule is NN=NN.[SiH4]. The van der Waals surface area contributed by atoms with Gasteiger partial charge >= 0.3 is 0 Å². The molecule has 0 aromatic rings. The smallest absolute Gasteiger partial charge is 0.0149 e. The van der Waals surface area contributed by atoms with E-state index in [9.17, 15) is 0 Å². The standard InChI is InChI=1S/H4N4.H4Si/c1-3-4-2;/h(H2,1,4)(H2,2,3);1H4. The Morgan fingerprint density at radius 3 is 1.20 bits per heavy atom. The summed E-state index contributed by atoms with van der Waals surface area (Å²) in [5.74, 6) is 8.72. The molecule has 0 spiro atoms. The Morgan fingerprint density at radius 1 is 1.00 bits per heavy atom. The largest absolute Gasteiger partial charge is 0.303 e. The fourth-order valence-electron chi connectivity index (χ4n) is 0. The lowest BCUT2D eigenvalue weighted by Gasteiger charge is -1.56. The summed E-state index contributed by atoms with van der Waals surface area (Å²) >= 11 is 0. The van der Waals surface area contributed by atoms with Crippen LogP contribution in [0.3, 0.4) is 0 Å². The fourth-order valence-corrected chi connectivity index (χ4v) is 0. The highest BCUT2D eigenvalue weighted by atomic mass is 28.1. The van der Waals surface area contributed by atoms with Crippen LogP contribution in [0.2, 0.25) is 0 Å². The lowest BCUT2D eigenvalue weighted by atomic mass is 12.6. The zero-order valence-corrected chi connectivity index (χ0v) is 2.05. The maximum absolute atomic E-state index is 4.36. The molecule has 5 heavy (non-hydrogen) atoms. The van der Waals surface area contributed by atoms with Crippen molar-refractivity contribution in [2.24, 2.45) is 22.1 Å². The average molecular weight is 92.2 g/mol. The summed E-state index contributed by atoms with van der Waals surface area (Å²) in [6.45, 7) is 0. The molecule has 0 aliphatic carbocycles. The molecule has 4 nitrogen and oxygen atoms in total. The van der Waals surface area contributed by atoms with Crippen LogP contribution in [0, 0.1) is 0 Å². The van der Waals surface area contributed by atoms with Crippen LogP contribution in [-0.4, -0.2) is 11.0 Å². The number of nitrogens with zero attached hydrogens (tertiary/aromatic N) is 2. The van der Waals surface area contributed by atoms with Crippen LogP contribution in [0.25, 0.3) is 0 Å². The molecular formula is H8N4Si. The molecule has 0 saturated carbocycles. The maximum Gasteiger partial charge on any atom is -0.0149 e. The van der Waals surface area contributed by atoms with E-state index in [1.54, 1.807) is 0 Å². The second kappa shape index (κ2) is 9.94. The van der Waals surface area contributed by atoms with E-state index in [0.717, 1.165) is 0 Å². The van der Waals surface area contributed by atoms with Crippen molar-refractivity contribution in [2.45, 2.75) is 0 Å². The second-order valence-electron chi connectivity index (χ2n) is 0.231. The van der Waals surface area contributed by atoms with E-state index >= 15 is 0 Å². The highest BCUT2D eigenvalue weighted by molar-refractivity contribution is 5.75. The molecule has 0 aliphatic rings. The normalized spacial score (nSPS) is 7.20. The summed E-state index contributed by atoms with van der Waals surface area (Å²) in [5, 5.41) is 5.28. The Hall–Kier alpha value is -0.583. The third kappa shape index (κ3) is 39.5. The Kier molecular flexibility index (Phi) is 17.6. The van der Waals surface area contributed by atoms with Crippen molar-refractivity contribution in [3.8, 4) is 0 Å². The van der Waals surface area contributed by atoms with Gasteiger partial charge in [-0.3, -0.25) is 0 Å². The van der Waals surface area contributed by atoms with Gasteiger partial charge < -0.3 is 11.7 Å². The third-order valence-electron chi connectivity index (χ3n) is 0.0667. The van der Waals surface area contributed by atoms with Gasteiger partial charge in [0.15, 0.2) is 0 Å². The molecule has 4 N–H and O–H groups in total. The monoisotopic (exact) mass is 92.1 g/mol. The molecule has 0 aromatic carbocycles. The number of nitrogens with two attached hydrogens (primary N) is 2. The number of rotatable bonds is 0. The number of hydrogen-bond donors (Lipinski definition) is 2. The van der Waals surface area contributed by atoms with Crippen LogP contribution < -0.4 is 11.7 Å². The first-order valence-corrected chi connectivity index (χ1v) is 0.716. The summed E-state index contributed by atoms with van der Waals surface area (Å²) in [6, 6.07) is 0. The highest BCUT2D eigenvalue weighted by Gasteiger charge is 1.28. The molecule has 32 valence electrons. The molecule has 0 saturated heterocycles. The quantitative estimate of drug-likeness (QED) is 0.153. The van der Waals surface area contributed by atoms with Crippen molar-refractivity contribution in [3.05, 3.63) is 0 Å². The fraction of sp³-hybridized carbons (Fsp3) is 0. The Bertz CT molecular complexity index is 18.8. The molecule has 0 aromatic heterocycles. The summed E-state index contributed by atoms with van der Waals surface area (Å²) in [4.78, 5) is 0. The van der Waals surface area contributed by atoms with Crippen LogP contribution in [0.5, 0.6) is 0 Å². The molecule has 0 unspecified atom stereocenters. The van der Waals surface area contributed by atoms with Gasteiger partial charge in [-0.2, -0.15) is 0 Å². The first-order valence-electron chi connectivity index (χ1n) is 0.716. The maximum atomic E-state index is 4.36. The molecule has 0 rings (SSSR count). The molecular weight excluding hydrogens is 84.1 g/mol. The van der Waals surface area contributed by atoms with Crippen LogP contribution in [0.4, 0.5) is 0 Å². The van der Waals surface area contributed by atoms with Gasteiger partial charge in [-0.05, 0) is 11.0 Å². The lowest BCUT2D eigenvalue weighted by molar-refractivity contribution is 0.956. The summed E-state index contributed by atoms with van der Waals surface area (Å²) in [6.07, 6.45) is 0. The summed E-state index contributed by atoms with van der Waals surface area (Å²) in [5.41, 5.74) is 0. The summed E-state index contributed by atoms with van der Waals surface area (Å²) < 4.78 is 0. The van der Waals surface area contributed by atoms with E-state index in [2.05, 4.69) is 22.1 Å². The van der Waals surface area contributed by atoms with Gasteiger partial charge in [0.25, 0.3) is 0 Å². The van der Waals surface area contributed by atoms with Crippen LogP contribution in [0.15, 0.2) is 10.4 Å². The Balaban J connectivity index is 0. The lowest BCUT2D eigenvalue weighted by Crippen LogP contribution is -1.80. The molecule has 0 aliphatic heterocycles. The molecule has 0 heterocycles. The van der Waals surface area contributed by atoms with Crippen molar-refractivity contribution >= 4 is 11.0 Å². The second-order valence-corrected chi connectivity index (χ2v) is 0.231. The van der Waals surface area contributed by atoms with Crippen molar-refractivity contribution in [3.63, 3.8) is 0 Å². The van der Waals surface area contributed by atoms with Gasteiger partial charge in [-0.25, -0.2) is 0 Å². The van der Waals surface area contributed by atoms with E-state index in [-0.39, 0.29) is 11.0 Å². The van der Waals surface area contributed by atoms with E-state index in [1.807, 2.05) is 0 Å². The molecule has 0 radical (unpaired) electrons. The minimum Gasteiger partial charge on any atom is -0.303 e. The highest BCUT2D eigenvalue weighted by Crippen LogP contribution is 1.32. The predicted octanol–water partition coefficient (Wildman–Crippen LogP) is -2.27. The van der Waals surface area contributed by atoms with E-state index < -0.39 is 0 Å². The Morgan fingerprint density at radius 2 is 1.20 bits per heavy atom. The van der Waals surface area contributed by atoms with Crippen molar-refractivity contribution in [1.82, 2.24) is 0 Å². The topological polar surface area (TPSA) is 76.8 Å². The van der Waals surface area contributed by atoms with E-state index in [0.29, 0.717) is 0 Å². The van der Waals surface area contributed by atoms with Gasteiger partial charge in [-0.1, -0.05) is 10.4 Å². The van der Waals surface area contributed by atoms with E-state index in [4.69, 9.17) is 0 Å². The van der Waals surface area contributed by atoms with Gasteiger partial charge in [0.05, 0.1) is 0 Å². The average Bonchev–Trinajstić information content (AvgIpc) is 1.37. The van der Waals surface area contributed by atoms with Crippen LogP contribution in [-0.2, 0) is 0 Å². The molecule has 0 atom stereocenters. The van der Waals surface area contributed by atoms with Gasteiger partial charge in [-0.15, -0.1) is 0 Å². The summed E-state index contributed by atoms with van der Waals surface area (Å²) in [7, 11) is 0. The molecule has 0 amide bonds. The van der Waals surface area contributed by atoms with Crippen LogP contribution >= 0.6 is 0 Å². The van der Waals surface area contributed by atoms with Crippen molar-refractivity contribution in [1.29, 1.82) is 0 Å². The molecule has 0 fully saturated rings. The van der Waals surface area contributed by atoms with Crippen molar-refractivity contribution < 1.29 is 0 Å².